The van der Waals surface area contributed by atoms with Crippen molar-refractivity contribution < 1.29 is 13.5 Å². The van der Waals surface area contributed by atoms with Gasteiger partial charge in [0.05, 0.1) is 0 Å². The quantitative estimate of drug-likeness (QED) is 0.498. The van der Waals surface area contributed by atoms with E-state index in [1.807, 2.05) is 0 Å². The lowest BCUT2D eigenvalue weighted by atomic mass is 10.8. The first-order valence-electron chi connectivity index (χ1n) is 1.41. The van der Waals surface area contributed by atoms with Crippen LogP contribution >= 0.6 is 0 Å². The van der Waals surface area contributed by atoms with E-state index in [1.54, 1.807) is 0 Å². The van der Waals surface area contributed by atoms with Gasteiger partial charge in [0.15, 0.2) is 0 Å². The number of rotatable bonds is 2. The third-order valence-electron chi connectivity index (χ3n) is 0.239. The van der Waals surface area contributed by atoms with E-state index < -0.39 is 6.43 Å². The third-order valence-corrected chi connectivity index (χ3v) is 0.239. The summed E-state index contributed by atoms with van der Waals surface area (Å²) < 4.78 is 25.6. The Labute approximate surface area is 34.9 Å². The molecule has 0 saturated heterocycles. The summed E-state index contributed by atoms with van der Waals surface area (Å²) in [6.07, 6.45) is -2.45. The predicted octanol–water partition coefficient (Wildman–Crippen LogP) is 1.06. The van der Waals surface area contributed by atoms with E-state index in [2.05, 4.69) is 4.74 Å². The van der Waals surface area contributed by atoms with E-state index in [9.17, 15) is 8.78 Å². The van der Waals surface area contributed by atoms with Gasteiger partial charge in [0.25, 0.3) is 6.43 Å². The maximum absolute atomic E-state index is 10.9. The molecule has 0 aliphatic heterocycles. The van der Waals surface area contributed by atoms with E-state index in [1.165, 1.54) is 7.11 Å². The maximum Gasteiger partial charge on any atom is 0.267 e. The van der Waals surface area contributed by atoms with Gasteiger partial charge in [-0.1, -0.05) is 0 Å². The zero-order valence-corrected chi connectivity index (χ0v) is 3.32. The molecule has 0 heterocycles. The summed E-state index contributed by atoms with van der Waals surface area (Å²) in [6, 6.07) is 0. The minimum Gasteiger partial charge on any atom is -0.373 e. The van der Waals surface area contributed by atoms with Gasteiger partial charge in [0.1, 0.15) is 6.61 Å². The Kier molecular flexibility index (Phi) is 2.94. The molecule has 0 aromatic rings. The highest BCUT2D eigenvalue weighted by molar-refractivity contribution is 4.47. The number of methoxy groups -OCH3 is 1. The molecular formula is C3H5F2O. The van der Waals surface area contributed by atoms with Crippen LogP contribution in [0.25, 0.3) is 0 Å². The lowest BCUT2D eigenvalue weighted by Gasteiger charge is -1.89. The number of hydrogen-bond donors (Lipinski definition) is 0. The van der Waals surface area contributed by atoms with Gasteiger partial charge in [-0.2, -0.15) is 0 Å². The summed E-state index contributed by atoms with van der Waals surface area (Å²) in [5.41, 5.74) is 0. The van der Waals surface area contributed by atoms with Crippen LogP contribution in [-0.4, -0.2) is 13.5 Å². The SMILES string of the molecule is CO[CH]C(F)F. The molecule has 0 bridgehead atoms. The molecular weight excluding hydrogens is 90.0 g/mol. The summed E-state index contributed by atoms with van der Waals surface area (Å²) in [6.45, 7) is 0.458. The van der Waals surface area contributed by atoms with Crippen molar-refractivity contribution in [3.05, 3.63) is 6.61 Å². The second kappa shape index (κ2) is 3.03. The topological polar surface area (TPSA) is 9.23 Å². The molecule has 0 aliphatic rings. The molecule has 0 amide bonds. The van der Waals surface area contributed by atoms with Crippen LogP contribution in [-0.2, 0) is 4.74 Å². The van der Waals surface area contributed by atoms with Gasteiger partial charge in [-0.3, -0.25) is 0 Å². The van der Waals surface area contributed by atoms with Crippen molar-refractivity contribution in [3.8, 4) is 0 Å². The summed E-state index contributed by atoms with van der Waals surface area (Å²) in [5.74, 6) is 0. The average molecular weight is 95.1 g/mol. The van der Waals surface area contributed by atoms with E-state index in [0.29, 0.717) is 6.61 Å². The van der Waals surface area contributed by atoms with Gasteiger partial charge < -0.3 is 4.74 Å². The van der Waals surface area contributed by atoms with Crippen LogP contribution in [0, 0.1) is 6.61 Å². The summed E-state index contributed by atoms with van der Waals surface area (Å²) in [4.78, 5) is 0. The third kappa shape index (κ3) is 3.82. The Morgan fingerprint density at radius 2 is 2.17 bits per heavy atom. The molecule has 0 aromatic carbocycles. The molecule has 0 unspecified atom stereocenters. The molecule has 3 heteroatoms. The molecule has 0 spiro atoms. The molecule has 0 saturated carbocycles. The van der Waals surface area contributed by atoms with Gasteiger partial charge in [0, 0.05) is 7.11 Å². The Morgan fingerprint density at radius 3 is 2.17 bits per heavy atom. The highest BCUT2D eigenvalue weighted by Crippen LogP contribution is 1.94. The average Bonchev–Trinajstić information content (AvgIpc) is 1.35. The summed E-state index contributed by atoms with van der Waals surface area (Å²) >= 11 is 0. The van der Waals surface area contributed by atoms with Crippen molar-refractivity contribution in [2.45, 2.75) is 6.43 Å². The van der Waals surface area contributed by atoms with Gasteiger partial charge in [-0.05, 0) is 0 Å². The van der Waals surface area contributed by atoms with E-state index in [4.69, 9.17) is 0 Å². The van der Waals surface area contributed by atoms with Crippen LogP contribution < -0.4 is 0 Å². The maximum atomic E-state index is 10.9. The first-order chi connectivity index (χ1) is 2.77. The van der Waals surface area contributed by atoms with Crippen molar-refractivity contribution in [2.24, 2.45) is 0 Å². The van der Waals surface area contributed by atoms with E-state index in [0.717, 1.165) is 0 Å². The second-order valence-corrected chi connectivity index (χ2v) is 0.706. The zero-order valence-electron chi connectivity index (χ0n) is 3.32. The summed E-state index contributed by atoms with van der Waals surface area (Å²) in [5, 5.41) is 0. The van der Waals surface area contributed by atoms with Crippen LogP contribution in [0.2, 0.25) is 0 Å². The fourth-order valence-electron chi connectivity index (χ4n) is 0.103. The minimum atomic E-state index is -2.45. The standard InChI is InChI=1S/C3H5F2O/c1-6-2-3(4)5/h2-3H,1H3. The molecule has 0 atom stereocenters. The van der Waals surface area contributed by atoms with Crippen LogP contribution in [0.4, 0.5) is 8.78 Å². The molecule has 6 heavy (non-hydrogen) atoms. The molecule has 1 radical (unpaired) electrons. The largest absolute Gasteiger partial charge is 0.373 e. The fourth-order valence-corrected chi connectivity index (χ4v) is 0.103. The van der Waals surface area contributed by atoms with Gasteiger partial charge in [-0.25, -0.2) is 8.78 Å². The molecule has 1 nitrogen and oxygen atoms in total. The number of halogens is 2. The first kappa shape index (κ1) is 5.82. The highest BCUT2D eigenvalue weighted by Gasteiger charge is 1.97. The Hall–Kier alpha value is -0.180. The molecule has 0 fully saturated rings. The molecule has 0 aliphatic carbocycles. The number of ether oxygens (including phenoxy) is 1. The van der Waals surface area contributed by atoms with Crippen LogP contribution in [0.1, 0.15) is 0 Å². The van der Waals surface area contributed by atoms with Crippen molar-refractivity contribution >= 4 is 0 Å². The molecule has 0 rings (SSSR count). The minimum absolute atomic E-state index is 0.458. The van der Waals surface area contributed by atoms with Gasteiger partial charge in [-0.15, -0.1) is 0 Å². The normalized spacial score (nSPS) is 10.0. The van der Waals surface area contributed by atoms with E-state index >= 15 is 0 Å². The van der Waals surface area contributed by atoms with Crippen molar-refractivity contribution in [3.63, 3.8) is 0 Å². The molecule has 0 N–H and O–H groups in total. The Balaban J connectivity index is 2.63. The van der Waals surface area contributed by atoms with Crippen molar-refractivity contribution in [1.82, 2.24) is 0 Å². The fraction of sp³-hybridized carbons (Fsp3) is 0.667. The van der Waals surface area contributed by atoms with Gasteiger partial charge >= 0.3 is 0 Å². The number of hydrogen-bond acceptors (Lipinski definition) is 1. The van der Waals surface area contributed by atoms with Crippen molar-refractivity contribution in [1.29, 1.82) is 0 Å². The Bertz CT molecular complexity index is 30.0. The van der Waals surface area contributed by atoms with Crippen molar-refractivity contribution in [2.75, 3.05) is 7.11 Å². The number of alkyl halides is 2. The predicted molar refractivity (Wildman–Crippen MR) is 17.3 cm³/mol. The summed E-state index contributed by atoms with van der Waals surface area (Å²) in [7, 11) is 1.19. The van der Waals surface area contributed by atoms with Crippen LogP contribution in [0.3, 0.4) is 0 Å². The smallest absolute Gasteiger partial charge is 0.267 e. The second-order valence-electron chi connectivity index (χ2n) is 0.706. The Morgan fingerprint density at radius 1 is 1.67 bits per heavy atom. The van der Waals surface area contributed by atoms with Gasteiger partial charge in [0.2, 0.25) is 0 Å². The lowest BCUT2D eigenvalue weighted by molar-refractivity contribution is 0.0965. The van der Waals surface area contributed by atoms with Crippen LogP contribution in [0.5, 0.6) is 0 Å². The molecule has 0 aromatic heterocycles. The van der Waals surface area contributed by atoms with E-state index in [-0.39, 0.29) is 0 Å². The monoisotopic (exact) mass is 95.0 g/mol. The lowest BCUT2D eigenvalue weighted by Crippen LogP contribution is -1.91. The highest BCUT2D eigenvalue weighted by atomic mass is 19.3. The molecule has 37 valence electrons. The first-order valence-corrected chi connectivity index (χ1v) is 1.41. The van der Waals surface area contributed by atoms with Crippen LogP contribution in [0.15, 0.2) is 0 Å². The zero-order chi connectivity index (χ0) is 4.99.